The zero-order valence-electron chi connectivity index (χ0n) is 26.8. The lowest BCUT2D eigenvalue weighted by Crippen LogP contribution is -2.64. The fraction of sp³-hybridized carbons (Fsp3) is 0.765. The van der Waals surface area contributed by atoms with Gasteiger partial charge in [0.25, 0.3) is 10.0 Å². The van der Waals surface area contributed by atoms with Crippen LogP contribution in [0.5, 0.6) is 0 Å². The topological polar surface area (TPSA) is 116 Å². The summed E-state index contributed by atoms with van der Waals surface area (Å²) in [6.45, 7) is 14.6. The second kappa shape index (κ2) is 9.61. The third-order valence-electron chi connectivity index (χ3n) is 13.1. The Hall–Kier alpha value is -2.27. The zero-order chi connectivity index (χ0) is 31.1. The molecule has 5 aliphatic rings. The first kappa shape index (κ1) is 31.2. The Kier molecular flexibility index (Phi) is 7.13. The van der Waals surface area contributed by atoms with Crippen LogP contribution < -0.4 is 5.32 Å². The fourth-order valence-electron chi connectivity index (χ4n) is 10.0. The number of nitrogens with one attached hydrogen (secondary N) is 1. The molecule has 42 heavy (non-hydrogen) atoms. The standard InChI is InChI=1S/C34H49N3O4S/c1-9-33(13-14-33)15-17-34(36-22(2)37-42(8,40)41)16-12-31(6)24(20-34)25(38)18-27-30(5)19-23(21-35)28(39)29(3,4)26(30)10-11-32(27,31)7/h18-19,24,26H,9-17,20H2,1-8H3,(H,36,37)/t24-,26-,30-,31+,32+,34+/m0/s1. The van der Waals surface area contributed by atoms with E-state index in [2.05, 4.69) is 43.5 Å². The number of rotatable bonds is 6. The summed E-state index contributed by atoms with van der Waals surface area (Å²) in [6, 6.07) is 2.17. The first-order valence-corrected chi connectivity index (χ1v) is 17.6. The molecule has 0 bridgehead atoms. The number of amidine groups is 1. The zero-order valence-corrected chi connectivity index (χ0v) is 27.6. The van der Waals surface area contributed by atoms with Crippen LogP contribution in [0, 0.1) is 50.2 Å². The minimum atomic E-state index is -3.55. The Morgan fingerprint density at radius 3 is 2.31 bits per heavy atom. The SMILES string of the molecule is CCC1(CC[C@]2(N/C(C)=N/S(C)(=O)=O)CC[C@]3(C)[C@@H](C2)C(=O)C=C2[C@@]4(C)C=C(C#N)C(=O)C(C)(C)[C@@H]4CC[C@]23C)CC1. The number of allylic oxidation sites excluding steroid dienone is 4. The lowest BCUT2D eigenvalue weighted by atomic mass is 9.37. The lowest BCUT2D eigenvalue weighted by molar-refractivity contribution is -0.143. The Morgan fingerprint density at radius 1 is 1.07 bits per heavy atom. The van der Waals surface area contributed by atoms with Crippen LogP contribution in [0.1, 0.15) is 113 Å². The molecule has 1 N–H and O–H groups in total. The first-order valence-electron chi connectivity index (χ1n) is 15.8. The summed E-state index contributed by atoms with van der Waals surface area (Å²) in [6.07, 6.45) is 14.5. The summed E-state index contributed by atoms with van der Waals surface area (Å²) in [4.78, 5) is 27.6. The number of carbonyl (C=O) groups is 2. The van der Waals surface area contributed by atoms with Crippen molar-refractivity contribution in [3.8, 4) is 6.07 Å². The molecule has 0 radical (unpaired) electrons. The molecule has 0 spiro atoms. The van der Waals surface area contributed by atoms with Crippen LogP contribution in [0.4, 0.5) is 0 Å². The number of hydrogen-bond acceptors (Lipinski definition) is 5. The molecule has 0 aromatic heterocycles. The van der Waals surface area contributed by atoms with Crippen molar-refractivity contribution in [1.29, 1.82) is 5.26 Å². The van der Waals surface area contributed by atoms with Crippen LogP contribution in [0.2, 0.25) is 0 Å². The van der Waals surface area contributed by atoms with Crippen molar-refractivity contribution in [1.82, 2.24) is 5.32 Å². The molecule has 0 aromatic carbocycles. The molecule has 6 atom stereocenters. The van der Waals surface area contributed by atoms with E-state index >= 15 is 0 Å². The molecule has 0 aliphatic heterocycles. The molecule has 0 aromatic rings. The number of hydrogen-bond donors (Lipinski definition) is 1. The number of ketones is 2. The van der Waals surface area contributed by atoms with Gasteiger partial charge >= 0.3 is 0 Å². The van der Waals surface area contributed by atoms with E-state index in [1.165, 1.54) is 12.8 Å². The second-order valence-corrected chi connectivity index (χ2v) is 17.4. The molecule has 3 saturated carbocycles. The van der Waals surface area contributed by atoms with Crippen molar-refractivity contribution in [2.75, 3.05) is 6.26 Å². The van der Waals surface area contributed by atoms with Gasteiger partial charge in [-0.2, -0.15) is 9.66 Å². The van der Waals surface area contributed by atoms with Crippen LogP contribution in [-0.2, 0) is 19.6 Å². The van der Waals surface area contributed by atoms with Crippen molar-refractivity contribution in [2.24, 2.45) is 43.3 Å². The maximum Gasteiger partial charge on any atom is 0.251 e. The van der Waals surface area contributed by atoms with Crippen molar-refractivity contribution < 1.29 is 18.0 Å². The molecular weight excluding hydrogens is 546 g/mol. The van der Waals surface area contributed by atoms with Crippen molar-refractivity contribution >= 4 is 27.4 Å². The normalized spacial score (nSPS) is 40.5. The molecule has 5 aliphatic carbocycles. The van der Waals surface area contributed by atoms with Gasteiger partial charge in [-0.15, -0.1) is 0 Å². The van der Waals surface area contributed by atoms with Gasteiger partial charge in [-0.05, 0) is 93.0 Å². The molecule has 0 amide bonds. The maximum absolute atomic E-state index is 14.3. The van der Waals surface area contributed by atoms with E-state index in [0.29, 0.717) is 17.7 Å². The highest BCUT2D eigenvalue weighted by molar-refractivity contribution is 7.89. The van der Waals surface area contributed by atoms with Crippen LogP contribution >= 0.6 is 0 Å². The number of nitriles is 1. The highest BCUT2D eigenvalue weighted by Crippen LogP contribution is 2.71. The number of fused-ring (bicyclic) bond motifs is 5. The van der Waals surface area contributed by atoms with E-state index in [1.54, 1.807) is 6.92 Å². The Labute approximate surface area is 252 Å². The van der Waals surface area contributed by atoms with E-state index in [1.807, 2.05) is 26.0 Å². The highest BCUT2D eigenvalue weighted by atomic mass is 32.2. The van der Waals surface area contributed by atoms with Crippen LogP contribution in [0.25, 0.3) is 0 Å². The van der Waals surface area contributed by atoms with Crippen LogP contribution in [0.15, 0.2) is 27.7 Å². The Morgan fingerprint density at radius 2 is 1.74 bits per heavy atom. The summed E-state index contributed by atoms with van der Waals surface area (Å²) in [5.41, 5.74) is -0.546. The molecule has 0 heterocycles. The van der Waals surface area contributed by atoms with Gasteiger partial charge < -0.3 is 5.32 Å². The van der Waals surface area contributed by atoms with E-state index in [9.17, 15) is 23.3 Å². The summed E-state index contributed by atoms with van der Waals surface area (Å²) in [5.74, 6) is 0.221. The van der Waals surface area contributed by atoms with Gasteiger partial charge in [0.1, 0.15) is 11.9 Å². The number of Topliss-reactive ketones (excluding diaryl/α,β-unsaturated/α-hetero) is 1. The number of carbonyl (C=O) groups excluding carboxylic acids is 2. The van der Waals surface area contributed by atoms with E-state index in [0.717, 1.165) is 56.8 Å². The van der Waals surface area contributed by atoms with E-state index < -0.39 is 26.4 Å². The number of nitrogens with zero attached hydrogens (tertiary/aromatic N) is 2. The molecule has 0 unspecified atom stereocenters. The van der Waals surface area contributed by atoms with Gasteiger partial charge in [0.05, 0.1) is 11.8 Å². The predicted octanol–water partition coefficient (Wildman–Crippen LogP) is 6.46. The quantitative estimate of drug-likeness (QED) is 0.278. The van der Waals surface area contributed by atoms with E-state index in [-0.39, 0.29) is 39.8 Å². The molecule has 3 fully saturated rings. The summed E-state index contributed by atoms with van der Waals surface area (Å²) in [7, 11) is -3.55. The van der Waals surface area contributed by atoms with Gasteiger partial charge in [-0.25, -0.2) is 8.42 Å². The third-order valence-corrected chi connectivity index (χ3v) is 13.7. The molecule has 0 saturated heterocycles. The second-order valence-electron chi connectivity index (χ2n) is 15.7. The van der Waals surface area contributed by atoms with Gasteiger partial charge in [-0.1, -0.05) is 59.6 Å². The summed E-state index contributed by atoms with van der Waals surface area (Å²) in [5, 5.41) is 13.5. The largest absolute Gasteiger partial charge is 0.368 e. The van der Waals surface area contributed by atoms with Crippen molar-refractivity contribution in [3.63, 3.8) is 0 Å². The first-order chi connectivity index (χ1) is 19.3. The average Bonchev–Trinajstić information content (AvgIpc) is 3.67. The van der Waals surface area contributed by atoms with Crippen molar-refractivity contribution in [3.05, 3.63) is 23.3 Å². The maximum atomic E-state index is 14.3. The van der Waals surface area contributed by atoms with Crippen LogP contribution in [-0.4, -0.2) is 37.6 Å². The average molecular weight is 596 g/mol. The fourth-order valence-corrected chi connectivity index (χ4v) is 10.6. The van der Waals surface area contributed by atoms with Gasteiger partial charge in [-0.3, -0.25) is 9.59 Å². The monoisotopic (exact) mass is 595 g/mol. The number of sulfonamides is 1. The molecule has 230 valence electrons. The van der Waals surface area contributed by atoms with E-state index in [4.69, 9.17) is 0 Å². The molecular formula is C34H49N3O4S. The molecule has 8 heteroatoms. The Bertz CT molecular complexity index is 1460. The highest BCUT2D eigenvalue weighted by Gasteiger charge is 2.67. The lowest BCUT2D eigenvalue weighted by Gasteiger charge is -2.66. The Balaban J connectivity index is 1.56. The van der Waals surface area contributed by atoms with Crippen molar-refractivity contribution in [2.45, 2.75) is 118 Å². The van der Waals surface area contributed by atoms with Gasteiger partial charge in [0.2, 0.25) is 0 Å². The third kappa shape index (κ3) is 4.64. The predicted molar refractivity (Wildman–Crippen MR) is 165 cm³/mol. The summed E-state index contributed by atoms with van der Waals surface area (Å²) < 4.78 is 28.0. The van der Waals surface area contributed by atoms with Crippen LogP contribution in [0.3, 0.4) is 0 Å². The van der Waals surface area contributed by atoms with Gasteiger partial charge in [0, 0.05) is 22.3 Å². The van der Waals surface area contributed by atoms with Gasteiger partial charge in [0.15, 0.2) is 11.6 Å². The molecule has 5 rings (SSSR count). The summed E-state index contributed by atoms with van der Waals surface area (Å²) >= 11 is 0. The minimum Gasteiger partial charge on any atom is -0.368 e. The molecule has 7 nitrogen and oxygen atoms in total. The minimum absolute atomic E-state index is 0.0184. The smallest absolute Gasteiger partial charge is 0.251 e.